The molecule has 1 aromatic carbocycles. The third-order valence-corrected chi connectivity index (χ3v) is 2.68. The number of anilines is 1. The minimum Gasteiger partial charge on any atom is -0.379 e. The maximum absolute atomic E-state index is 11.6. The lowest BCUT2D eigenvalue weighted by Gasteiger charge is -2.10. The number of amides is 1. The highest BCUT2D eigenvalue weighted by molar-refractivity contribution is 5.80. The van der Waals surface area contributed by atoms with Crippen molar-refractivity contribution in [1.29, 1.82) is 0 Å². The Bertz CT molecular complexity index is 391. The molecule has 0 aromatic heterocycles. The SMILES string of the molecule is Cc1ccccc1NCC(=O)NCCCOC(C)C. The summed E-state index contributed by atoms with van der Waals surface area (Å²) in [6.45, 7) is 7.67. The summed E-state index contributed by atoms with van der Waals surface area (Å²) in [5.41, 5.74) is 2.14. The van der Waals surface area contributed by atoms with Gasteiger partial charge < -0.3 is 15.4 Å². The van der Waals surface area contributed by atoms with Crippen molar-refractivity contribution in [2.45, 2.75) is 33.3 Å². The number of carbonyl (C=O) groups excluding carboxylic acids is 1. The first-order valence-electron chi connectivity index (χ1n) is 6.77. The quantitative estimate of drug-likeness (QED) is 0.709. The fraction of sp³-hybridized carbons (Fsp3) is 0.533. The van der Waals surface area contributed by atoms with E-state index in [9.17, 15) is 4.79 Å². The summed E-state index contributed by atoms with van der Waals surface area (Å²) in [6.07, 6.45) is 1.09. The molecule has 1 rings (SSSR count). The minimum absolute atomic E-state index is 0.00722. The highest BCUT2D eigenvalue weighted by atomic mass is 16.5. The summed E-state index contributed by atoms with van der Waals surface area (Å²) in [5.74, 6) is 0.00722. The first-order valence-corrected chi connectivity index (χ1v) is 6.77. The number of para-hydroxylation sites is 1. The van der Waals surface area contributed by atoms with E-state index in [2.05, 4.69) is 10.6 Å². The predicted octanol–water partition coefficient (Wildman–Crippen LogP) is 2.34. The number of nitrogens with one attached hydrogen (secondary N) is 2. The lowest BCUT2D eigenvalue weighted by molar-refractivity contribution is -0.119. The van der Waals surface area contributed by atoms with Crippen LogP contribution in [0, 0.1) is 6.92 Å². The highest BCUT2D eigenvalue weighted by Gasteiger charge is 2.02. The van der Waals surface area contributed by atoms with Crippen molar-refractivity contribution in [3.8, 4) is 0 Å². The highest BCUT2D eigenvalue weighted by Crippen LogP contribution is 2.12. The first-order chi connectivity index (χ1) is 9.09. The van der Waals surface area contributed by atoms with Crippen LogP contribution in [-0.4, -0.2) is 31.7 Å². The van der Waals surface area contributed by atoms with Gasteiger partial charge in [-0.25, -0.2) is 0 Å². The molecule has 106 valence electrons. The van der Waals surface area contributed by atoms with Crippen molar-refractivity contribution < 1.29 is 9.53 Å². The lowest BCUT2D eigenvalue weighted by atomic mass is 10.2. The van der Waals surface area contributed by atoms with Gasteiger partial charge in [0.15, 0.2) is 0 Å². The number of hydrogen-bond donors (Lipinski definition) is 2. The van der Waals surface area contributed by atoms with Crippen LogP contribution in [0.15, 0.2) is 24.3 Å². The van der Waals surface area contributed by atoms with Crippen molar-refractivity contribution >= 4 is 11.6 Å². The molecular weight excluding hydrogens is 240 g/mol. The Morgan fingerprint density at radius 1 is 1.32 bits per heavy atom. The zero-order valence-electron chi connectivity index (χ0n) is 12.0. The maximum Gasteiger partial charge on any atom is 0.239 e. The van der Waals surface area contributed by atoms with E-state index in [0.29, 0.717) is 19.7 Å². The summed E-state index contributed by atoms with van der Waals surface area (Å²) in [4.78, 5) is 11.6. The Hall–Kier alpha value is -1.55. The monoisotopic (exact) mass is 264 g/mol. The van der Waals surface area contributed by atoms with Gasteiger partial charge in [0, 0.05) is 18.8 Å². The maximum atomic E-state index is 11.6. The summed E-state index contributed by atoms with van der Waals surface area (Å²) in [6, 6.07) is 7.92. The molecule has 1 aromatic rings. The number of carbonyl (C=O) groups is 1. The lowest BCUT2D eigenvalue weighted by Crippen LogP contribution is -2.31. The summed E-state index contributed by atoms with van der Waals surface area (Å²) in [5, 5.41) is 5.99. The van der Waals surface area contributed by atoms with Gasteiger partial charge in [-0.15, -0.1) is 0 Å². The summed E-state index contributed by atoms with van der Waals surface area (Å²) >= 11 is 0. The van der Waals surface area contributed by atoms with Gasteiger partial charge in [0.25, 0.3) is 0 Å². The second kappa shape index (κ2) is 8.53. The van der Waals surface area contributed by atoms with E-state index in [-0.39, 0.29) is 12.0 Å². The standard InChI is InChI=1S/C15H24N2O2/c1-12(2)19-10-6-9-16-15(18)11-17-14-8-5-4-7-13(14)3/h4-5,7-8,12,17H,6,9-11H2,1-3H3,(H,16,18). The smallest absolute Gasteiger partial charge is 0.239 e. The number of rotatable bonds is 8. The second-order valence-corrected chi connectivity index (χ2v) is 4.79. The molecular formula is C15H24N2O2. The number of ether oxygens (including phenoxy) is 1. The fourth-order valence-corrected chi connectivity index (χ4v) is 1.63. The average molecular weight is 264 g/mol. The molecule has 19 heavy (non-hydrogen) atoms. The fourth-order valence-electron chi connectivity index (χ4n) is 1.63. The Balaban J connectivity index is 2.13. The molecule has 4 nitrogen and oxygen atoms in total. The number of aryl methyl sites for hydroxylation is 1. The van der Waals surface area contributed by atoms with E-state index in [1.54, 1.807) is 0 Å². The number of benzene rings is 1. The molecule has 0 aliphatic carbocycles. The first kappa shape index (κ1) is 15.5. The third-order valence-electron chi connectivity index (χ3n) is 2.68. The summed E-state index contributed by atoms with van der Waals surface area (Å²) < 4.78 is 5.40. The van der Waals surface area contributed by atoms with Crippen molar-refractivity contribution in [3.63, 3.8) is 0 Å². The van der Waals surface area contributed by atoms with Gasteiger partial charge in [0.2, 0.25) is 5.91 Å². The van der Waals surface area contributed by atoms with Gasteiger partial charge in [-0.05, 0) is 38.8 Å². The topological polar surface area (TPSA) is 50.4 Å². The van der Waals surface area contributed by atoms with Crippen LogP contribution in [0.25, 0.3) is 0 Å². The van der Waals surface area contributed by atoms with Gasteiger partial charge in [-0.1, -0.05) is 18.2 Å². The zero-order valence-corrected chi connectivity index (χ0v) is 12.0. The van der Waals surface area contributed by atoms with Crippen LogP contribution >= 0.6 is 0 Å². The van der Waals surface area contributed by atoms with Gasteiger partial charge in [-0.2, -0.15) is 0 Å². The van der Waals surface area contributed by atoms with Crippen molar-refractivity contribution in [2.24, 2.45) is 0 Å². The zero-order chi connectivity index (χ0) is 14.1. The van der Waals surface area contributed by atoms with E-state index in [4.69, 9.17) is 4.74 Å². The van der Waals surface area contributed by atoms with E-state index in [1.807, 2.05) is 45.0 Å². The van der Waals surface area contributed by atoms with Gasteiger partial charge >= 0.3 is 0 Å². The Labute approximate surface area is 115 Å². The molecule has 0 aliphatic rings. The Morgan fingerprint density at radius 2 is 2.05 bits per heavy atom. The Morgan fingerprint density at radius 3 is 2.74 bits per heavy atom. The van der Waals surface area contributed by atoms with Crippen LogP contribution in [0.3, 0.4) is 0 Å². The second-order valence-electron chi connectivity index (χ2n) is 4.79. The van der Waals surface area contributed by atoms with Crippen LogP contribution in [-0.2, 0) is 9.53 Å². The summed E-state index contributed by atoms with van der Waals surface area (Å²) in [7, 11) is 0. The molecule has 0 saturated carbocycles. The molecule has 0 saturated heterocycles. The molecule has 0 spiro atoms. The van der Waals surface area contributed by atoms with Gasteiger partial charge in [0.05, 0.1) is 12.6 Å². The predicted molar refractivity (Wildman–Crippen MR) is 78.4 cm³/mol. The van der Waals surface area contributed by atoms with E-state index in [1.165, 1.54) is 0 Å². The third kappa shape index (κ3) is 6.82. The average Bonchev–Trinajstić information content (AvgIpc) is 2.37. The molecule has 0 aliphatic heterocycles. The van der Waals surface area contributed by atoms with Crippen LogP contribution in [0.1, 0.15) is 25.8 Å². The van der Waals surface area contributed by atoms with Crippen LogP contribution in [0.5, 0.6) is 0 Å². The van der Waals surface area contributed by atoms with Crippen LogP contribution in [0.2, 0.25) is 0 Å². The van der Waals surface area contributed by atoms with Crippen molar-refractivity contribution in [2.75, 3.05) is 25.0 Å². The van der Waals surface area contributed by atoms with E-state index >= 15 is 0 Å². The molecule has 0 radical (unpaired) electrons. The normalized spacial score (nSPS) is 10.5. The number of hydrogen-bond acceptors (Lipinski definition) is 3. The van der Waals surface area contributed by atoms with Crippen molar-refractivity contribution in [3.05, 3.63) is 29.8 Å². The molecule has 1 amide bonds. The van der Waals surface area contributed by atoms with E-state index < -0.39 is 0 Å². The largest absolute Gasteiger partial charge is 0.379 e. The molecule has 0 fully saturated rings. The minimum atomic E-state index is 0.00722. The van der Waals surface area contributed by atoms with Gasteiger partial charge in [0.1, 0.15) is 0 Å². The molecule has 0 atom stereocenters. The molecule has 4 heteroatoms. The van der Waals surface area contributed by atoms with E-state index in [0.717, 1.165) is 17.7 Å². The molecule has 2 N–H and O–H groups in total. The molecule has 0 bridgehead atoms. The van der Waals surface area contributed by atoms with Crippen LogP contribution < -0.4 is 10.6 Å². The van der Waals surface area contributed by atoms with Gasteiger partial charge in [-0.3, -0.25) is 4.79 Å². The molecule has 0 unspecified atom stereocenters. The van der Waals surface area contributed by atoms with Crippen molar-refractivity contribution in [1.82, 2.24) is 5.32 Å². The molecule has 0 heterocycles. The van der Waals surface area contributed by atoms with Crippen LogP contribution in [0.4, 0.5) is 5.69 Å². The Kier molecular flexibility index (Phi) is 6.97.